The maximum atomic E-state index is 6.46. The Hall–Kier alpha value is -6.85. The van der Waals surface area contributed by atoms with Crippen LogP contribution in [0.15, 0.2) is 168 Å². The Morgan fingerprint density at radius 3 is 1.85 bits per heavy atom. The van der Waals surface area contributed by atoms with Crippen LogP contribution in [-0.4, -0.2) is 21.1 Å². The number of furan rings is 1. The Labute approximate surface area is 299 Å². The summed E-state index contributed by atoms with van der Waals surface area (Å²) in [5.41, 5.74) is 7.75. The van der Waals surface area contributed by atoms with Gasteiger partial charge in [0, 0.05) is 38.9 Å². The smallest absolute Gasteiger partial charge is 0.164 e. The maximum Gasteiger partial charge on any atom is 0.164 e. The summed E-state index contributed by atoms with van der Waals surface area (Å²) in [7, 11) is 0. The van der Waals surface area contributed by atoms with E-state index in [1.807, 2.05) is 12.1 Å². The molecule has 2 aromatic heterocycles. The van der Waals surface area contributed by atoms with Crippen molar-refractivity contribution in [1.82, 2.24) is 15.0 Å². The fourth-order valence-electron chi connectivity index (χ4n) is 7.82. The minimum Gasteiger partial charge on any atom is -0.485 e. The molecule has 7 aromatic carbocycles. The average Bonchev–Trinajstić information content (AvgIpc) is 3.78. The largest absolute Gasteiger partial charge is 0.485 e. The van der Waals surface area contributed by atoms with E-state index in [9.17, 15) is 0 Å². The molecular formula is C47H29N3O2. The third kappa shape index (κ3) is 4.67. The van der Waals surface area contributed by atoms with Crippen LogP contribution in [0.25, 0.3) is 88.8 Å². The van der Waals surface area contributed by atoms with Crippen LogP contribution >= 0.6 is 0 Å². The molecule has 52 heavy (non-hydrogen) atoms. The lowest BCUT2D eigenvalue weighted by Gasteiger charge is -2.13. The Morgan fingerprint density at radius 2 is 1.10 bits per heavy atom. The molecule has 5 heteroatoms. The van der Waals surface area contributed by atoms with E-state index < -0.39 is 0 Å². The van der Waals surface area contributed by atoms with Gasteiger partial charge in [-0.2, -0.15) is 0 Å². The second-order valence-electron chi connectivity index (χ2n) is 13.6. The third-order valence-corrected chi connectivity index (χ3v) is 10.4. The maximum absolute atomic E-state index is 6.46. The third-order valence-electron chi connectivity index (χ3n) is 10.4. The summed E-state index contributed by atoms with van der Waals surface area (Å²) in [4.78, 5) is 15.4. The molecule has 0 amide bonds. The van der Waals surface area contributed by atoms with E-state index in [1.54, 1.807) is 0 Å². The van der Waals surface area contributed by atoms with E-state index in [1.165, 1.54) is 16.3 Å². The van der Waals surface area contributed by atoms with Crippen LogP contribution in [0.2, 0.25) is 0 Å². The normalized spacial score (nSPS) is 16.1. The zero-order valence-electron chi connectivity index (χ0n) is 27.9. The molecule has 5 nitrogen and oxygen atoms in total. The second-order valence-corrected chi connectivity index (χ2v) is 13.6. The molecule has 9 aromatic rings. The molecule has 0 bridgehead atoms. The molecule has 0 fully saturated rings. The van der Waals surface area contributed by atoms with Crippen molar-refractivity contribution in [2.45, 2.75) is 12.0 Å². The number of fused-ring (bicyclic) bond motifs is 8. The van der Waals surface area contributed by atoms with Gasteiger partial charge in [0.1, 0.15) is 23.0 Å². The molecular weight excluding hydrogens is 639 g/mol. The lowest BCUT2D eigenvalue weighted by Crippen LogP contribution is -2.15. The number of nitrogens with zero attached hydrogens (tertiary/aromatic N) is 3. The standard InChI is InChI=1S/C47H29N3O2/c1-3-10-30-24-34(18-16-28(30)8-1)45-48-46(35-19-17-29-9-2-4-11-31(29)25-35)50-47(49-45)38-13-7-15-42-44(38)39-26-32(21-23-41(39)51-42)33-20-22-37-36-12-5-6-14-40(36)52-43(37)27-33/h1-27,36,40H. The van der Waals surface area contributed by atoms with Crippen molar-refractivity contribution < 1.29 is 9.15 Å². The number of rotatable bonds is 4. The van der Waals surface area contributed by atoms with Crippen molar-refractivity contribution in [2.24, 2.45) is 0 Å². The van der Waals surface area contributed by atoms with Gasteiger partial charge in [-0.25, -0.2) is 15.0 Å². The van der Waals surface area contributed by atoms with Gasteiger partial charge < -0.3 is 9.15 Å². The van der Waals surface area contributed by atoms with E-state index >= 15 is 0 Å². The second kappa shape index (κ2) is 11.3. The first-order valence-electron chi connectivity index (χ1n) is 17.6. The molecule has 1 aliphatic heterocycles. The van der Waals surface area contributed by atoms with Crippen LogP contribution < -0.4 is 4.74 Å². The van der Waals surface area contributed by atoms with Gasteiger partial charge in [-0.1, -0.05) is 121 Å². The molecule has 11 rings (SSSR count). The summed E-state index contributed by atoms with van der Waals surface area (Å²) in [5.74, 6) is 3.03. The van der Waals surface area contributed by atoms with Gasteiger partial charge in [0.25, 0.3) is 0 Å². The fraction of sp³-hybridized carbons (Fsp3) is 0.0426. The highest BCUT2D eigenvalue weighted by Gasteiger charge is 2.32. The molecule has 3 heterocycles. The van der Waals surface area contributed by atoms with E-state index in [0.717, 1.165) is 66.3 Å². The first kappa shape index (κ1) is 28.9. The first-order chi connectivity index (χ1) is 25.7. The van der Waals surface area contributed by atoms with Crippen LogP contribution in [-0.2, 0) is 0 Å². The molecule has 244 valence electrons. The van der Waals surface area contributed by atoms with Gasteiger partial charge in [0.15, 0.2) is 17.5 Å². The van der Waals surface area contributed by atoms with Gasteiger partial charge in [-0.15, -0.1) is 0 Å². The van der Waals surface area contributed by atoms with Crippen molar-refractivity contribution >= 4 is 43.5 Å². The van der Waals surface area contributed by atoms with Gasteiger partial charge >= 0.3 is 0 Å². The zero-order chi connectivity index (χ0) is 34.2. The van der Waals surface area contributed by atoms with Crippen LogP contribution in [0, 0.1) is 0 Å². The summed E-state index contributed by atoms with van der Waals surface area (Å²) in [6.07, 6.45) is 8.57. The summed E-state index contributed by atoms with van der Waals surface area (Å²) in [6.45, 7) is 0. The highest BCUT2D eigenvalue weighted by molar-refractivity contribution is 6.12. The van der Waals surface area contributed by atoms with E-state index in [-0.39, 0.29) is 12.0 Å². The topological polar surface area (TPSA) is 61.0 Å². The number of hydrogen-bond acceptors (Lipinski definition) is 5. The Kier molecular flexibility index (Phi) is 6.31. The lowest BCUT2D eigenvalue weighted by atomic mass is 9.91. The van der Waals surface area contributed by atoms with E-state index in [4.69, 9.17) is 24.1 Å². The molecule has 0 saturated heterocycles. The molecule has 0 radical (unpaired) electrons. The van der Waals surface area contributed by atoms with Gasteiger partial charge in [-0.05, 0) is 75.1 Å². The molecule has 1 aliphatic carbocycles. The van der Waals surface area contributed by atoms with Crippen molar-refractivity contribution in [1.29, 1.82) is 0 Å². The van der Waals surface area contributed by atoms with Crippen LogP contribution in [0.1, 0.15) is 11.5 Å². The number of hydrogen-bond donors (Lipinski definition) is 0. The Morgan fingerprint density at radius 1 is 0.462 bits per heavy atom. The number of allylic oxidation sites excluding steroid dienone is 2. The SMILES string of the molecule is C1=CC2Oc3cc(-c4ccc5oc6cccc(-c7nc(-c8ccc9ccccc9c8)nc(-c8ccc9ccccc9c8)n7)c6c5c4)ccc3C2C=C1. The first-order valence-corrected chi connectivity index (χ1v) is 17.6. The zero-order valence-corrected chi connectivity index (χ0v) is 27.9. The minimum absolute atomic E-state index is 0.0532. The highest BCUT2D eigenvalue weighted by Crippen LogP contribution is 2.44. The lowest BCUT2D eigenvalue weighted by molar-refractivity contribution is 0.269. The van der Waals surface area contributed by atoms with Crippen molar-refractivity contribution in [3.63, 3.8) is 0 Å². The van der Waals surface area contributed by atoms with Crippen LogP contribution in [0.3, 0.4) is 0 Å². The highest BCUT2D eigenvalue weighted by atomic mass is 16.5. The molecule has 2 aliphatic rings. The quantitative estimate of drug-likeness (QED) is 0.187. The van der Waals surface area contributed by atoms with Crippen molar-refractivity contribution in [2.75, 3.05) is 0 Å². The predicted octanol–water partition coefficient (Wildman–Crippen LogP) is 11.7. The number of benzene rings is 7. The van der Waals surface area contributed by atoms with Gasteiger partial charge in [0.2, 0.25) is 0 Å². The van der Waals surface area contributed by atoms with Crippen LogP contribution in [0.5, 0.6) is 5.75 Å². The van der Waals surface area contributed by atoms with Gasteiger partial charge in [-0.3, -0.25) is 0 Å². The molecule has 2 unspecified atom stereocenters. The summed E-state index contributed by atoms with van der Waals surface area (Å²) in [5, 5.41) is 6.58. The van der Waals surface area contributed by atoms with Crippen LogP contribution in [0.4, 0.5) is 0 Å². The summed E-state index contributed by atoms with van der Waals surface area (Å²) < 4.78 is 12.8. The van der Waals surface area contributed by atoms with E-state index in [0.29, 0.717) is 17.5 Å². The molecule has 0 N–H and O–H groups in total. The monoisotopic (exact) mass is 667 g/mol. The molecule has 0 spiro atoms. The Bertz CT molecular complexity index is 2880. The fourth-order valence-corrected chi connectivity index (χ4v) is 7.82. The number of ether oxygens (including phenoxy) is 1. The van der Waals surface area contributed by atoms with Gasteiger partial charge in [0.05, 0.1) is 0 Å². The summed E-state index contributed by atoms with van der Waals surface area (Å²) in [6, 6.07) is 48.5. The molecule has 2 atom stereocenters. The van der Waals surface area contributed by atoms with E-state index in [2.05, 4.69) is 152 Å². The molecule has 0 saturated carbocycles. The summed E-state index contributed by atoms with van der Waals surface area (Å²) >= 11 is 0. The number of aromatic nitrogens is 3. The van der Waals surface area contributed by atoms with Crippen molar-refractivity contribution in [3.05, 3.63) is 169 Å². The average molecular weight is 668 g/mol. The predicted molar refractivity (Wildman–Crippen MR) is 209 cm³/mol. The Balaban J connectivity index is 1.09. The van der Waals surface area contributed by atoms with Crippen molar-refractivity contribution in [3.8, 4) is 51.0 Å². The minimum atomic E-state index is 0.0532.